The van der Waals surface area contributed by atoms with Gasteiger partial charge in [-0.2, -0.15) is 10.2 Å². The van der Waals surface area contributed by atoms with Gasteiger partial charge in [0.1, 0.15) is 5.82 Å². The Kier molecular flexibility index (Phi) is 1.84. The van der Waals surface area contributed by atoms with E-state index in [1.807, 2.05) is 0 Å². The molecule has 0 fully saturated rings. The second kappa shape index (κ2) is 2.82. The van der Waals surface area contributed by atoms with E-state index in [9.17, 15) is 0 Å². The highest BCUT2D eigenvalue weighted by Gasteiger charge is 1.89. The molecule has 4 heteroatoms. The minimum absolute atomic E-state index is 0.512. The van der Waals surface area contributed by atoms with E-state index in [1.54, 1.807) is 18.3 Å². The van der Waals surface area contributed by atoms with Gasteiger partial charge in [-0.1, -0.05) is 6.58 Å². The first-order valence-corrected chi connectivity index (χ1v) is 2.79. The second-order valence-corrected chi connectivity index (χ2v) is 1.65. The first-order chi connectivity index (χ1) is 4.84. The fourth-order valence-electron chi connectivity index (χ4n) is 0.513. The van der Waals surface area contributed by atoms with Crippen LogP contribution in [0.2, 0.25) is 0 Å². The van der Waals surface area contributed by atoms with Gasteiger partial charge in [-0.25, -0.2) is 0 Å². The van der Waals surface area contributed by atoms with Crippen LogP contribution in [0.25, 0.3) is 0 Å². The first kappa shape index (κ1) is 6.54. The summed E-state index contributed by atoms with van der Waals surface area (Å²) in [5.74, 6) is 0.512. The quantitative estimate of drug-likeness (QED) is 0.601. The summed E-state index contributed by atoms with van der Waals surface area (Å²) < 4.78 is 0. The van der Waals surface area contributed by atoms with E-state index in [1.165, 1.54) is 11.0 Å². The maximum atomic E-state index is 5.43. The normalized spacial score (nSPS) is 10.4. The Morgan fingerprint density at radius 2 is 2.60 bits per heavy atom. The lowest BCUT2D eigenvalue weighted by Crippen LogP contribution is -1.97. The van der Waals surface area contributed by atoms with Crippen molar-refractivity contribution >= 4 is 12.0 Å². The molecule has 1 aromatic heterocycles. The van der Waals surface area contributed by atoms with Crippen molar-refractivity contribution in [3.05, 3.63) is 24.9 Å². The lowest BCUT2D eigenvalue weighted by Gasteiger charge is -1.90. The van der Waals surface area contributed by atoms with Crippen LogP contribution in [0.15, 0.2) is 30.0 Å². The minimum Gasteiger partial charge on any atom is -0.382 e. The van der Waals surface area contributed by atoms with Gasteiger partial charge in [0.05, 0.1) is 6.20 Å². The number of nitrogen functional groups attached to an aromatic ring is 1. The van der Waals surface area contributed by atoms with Crippen molar-refractivity contribution in [2.45, 2.75) is 0 Å². The van der Waals surface area contributed by atoms with Crippen LogP contribution in [0.3, 0.4) is 0 Å². The summed E-state index contributed by atoms with van der Waals surface area (Å²) in [6.07, 6.45) is 4.65. The fourth-order valence-corrected chi connectivity index (χ4v) is 0.513. The molecule has 52 valence electrons. The molecule has 0 aliphatic heterocycles. The Morgan fingerprint density at radius 1 is 1.80 bits per heavy atom. The molecule has 4 nitrogen and oxygen atoms in total. The summed E-state index contributed by atoms with van der Waals surface area (Å²) in [5, 5.41) is 7.62. The van der Waals surface area contributed by atoms with Gasteiger partial charge in [-0.15, -0.1) is 4.79 Å². The highest BCUT2D eigenvalue weighted by molar-refractivity contribution is 5.70. The Labute approximate surface area is 58.6 Å². The third-order valence-corrected chi connectivity index (χ3v) is 0.934. The average molecular weight is 136 g/mol. The van der Waals surface area contributed by atoms with Crippen LogP contribution in [0.4, 0.5) is 5.82 Å². The number of rotatable bonds is 2. The first-order valence-electron chi connectivity index (χ1n) is 2.79. The van der Waals surface area contributed by atoms with Gasteiger partial charge in [0.15, 0.2) is 0 Å². The Morgan fingerprint density at radius 3 is 3.10 bits per heavy atom. The molecule has 0 amide bonds. The molecule has 0 aromatic carbocycles. The van der Waals surface area contributed by atoms with Gasteiger partial charge in [0.2, 0.25) is 0 Å². The molecule has 0 aliphatic carbocycles. The number of allylic oxidation sites excluding steroid dienone is 1. The van der Waals surface area contributed by atoms with Gasteiger partial charge in [0.25, 0.3) is 0 Å². The Bertz CT molecular complexity index is 248. The van der Waals surface area contributed by atoms with E-state index in [-0.39, 0.29) is 0 Å². The van der Waals surface area contributed by atoms with Crippen molar-refractivity contribution in [3.8, 4) is 0 Å². The van der Waals surface area contributed by atoms with Crippen molar-refractivity contribution in [2.75, 3.05) is 5.73 Å². The number of nitrogens with zero attached hydrogens (tertiary/aromatic N) is 3. The molecule has 0 saturated carbocycles. The van der Waals surface area contributed by atoms with E-state index >= 15 is 0 Å². The largest absolute Gasteiger partial charge is 0.382 e. The summed E-state index contributed by atoms with van der Waals surface area (Å²) in [7, 11) is 0. The highest BCUT2D eigenvalue weighted by atomic mass is 15.5. The molecule has 1 aromatic rings. The predicted molar refractivity (Wildman–Crippen MR) is 40.7 cm³/mol. The molecular weight excluding hydrogens is 128 g/mol. The molecule has 0 saturated heterocycles. The number of aromatic nitrogens is 2. The van der Waals surface area contributed by atoms with E-state index in [0.717, 1.165) is 0 Å². The zero-order valence-corrected chi connectivity index (χ0v) is 5.44. The molecule has 1 heterocycles. The zero-order valence-electron chi connectivity index (χ0n) is 5.44. The van der Waals surface area contributed by atoms with Gasteiger partial charge in [0, 0.05) is 12.3 Å². The molecule has 0 aliphatic rings. The van der Waals surface area contributed by atoms with Crippen LogP contribution in [0.5, 0.6) is 0 Å². The monoisotopic (exact) mass is 136 g/mol. The summed E-state index contributed by atoms with van der Waals surface area (Å²) in [6, 6.07) is 1.67. The number of anilines is 1. The van der Waals surface area contributed by atoms with Crippen LogP contribution in [-0.4, -0.2) is 16.1 Å². The molecule has 0 atom stereocenters. The van der Waals surface area contributed by atoms with Crippen LogP contribution in [-0.2, 0) is 0 Å². The molecule has 2 N–H and O–H groups in total. The standard InChI is InChI=1S/C6H8N4/c1-2-4-8-10-6(7)3-5-9-10/h2-5H,1,7H2/b8-4-. The second-order valence-electron chi connectivity index (χ2n) is 1.65. The van der Waals surface area contributed by atoms with Crippen molar-refractivity contribution < 1.29 is 0 Å². The van der Waals surface area contributed by atoms with Crippen molar-refractivity contribution in [3.63, 3.8) is 0 Å². The Hall–Kier alpha value is -1.58. The summed E-state index contributed by atoms with van der Waals surface area (Å²) in [5.41, 5.74) is 5.43. The summed E-state index contributed by atoms with van der Waals surface area (Å²) in [6.45, 7) is 3.46. The van der Waals surface area contributed by atoms with Crippen molar-refractivity contribution in [1.82, 2.24) is 9.89 Å². The van der Waals surface area contributed by atoms with Crippen LogP contribution >= 0.6 is 0 Å². The van der Waals surface area contributed by atoms with Crippen LogP contribution in [0.1, 0.15) is 0 Å². The van der Waals surface area contributed by atoms with Crippen LogP contribution < -0.4 is 5.73 Å². The smallest absolute Gasteiger partial charge is 0.147 e. The molecule has 1 rings (SSSR count). The van der Waals surface area contributed by atoms with E-state index in [4.69, 9.17) is 5.73 Å². The number of nitrogens with two attached hydrogens (primary N) is 1. The minimum atomic E-state index is 0.512. The van der Waals surface area contributed by atoms with Crippen LogP contribution in [0, 0.1) is 0 Å². The zero-order chi connectivity index (χ0) is 7.40. The SMILES string of the molecule is C=C/C=N\n1nccc1N. The van der Waals surface area contributed by atoms with Crippen molar-refractivity contribution in [1.29, 1.82) is 0 Å². The summed E-state index contributed by atoms with van der Waals surface area (Å²) >= 11 is 0. The maximum absolute atomic E-state index is 5.43. The van der Waals surface area contributed by atoms with E-state index in [0.29, 0.717) is 5.82 Å². The fraction of sp³-hybridized carbons (Fsp3) is 0. The van der Waals surface area contributed by atoms with Gasteiger partial charge >= 0.3 is 0 Å². The molecule has 0 radical (unpaired) electrons. The molecule has 0 unspecified atom stereocenters. The number of hydrogen-bond acceptors (Lipinski definition) is 3. The topological polar surface area (TPSA) is 56.2 Å². The Balaban J connectivity index is 2.83. The average Bonchev–Trinajstić information content (AvgIpc) is 2.31. The maximum Gasteiger partial charge on any atom is 0.147 e. The number of hydrogen-bond donors (Lipinski definition) is 1. The van der Waals surface area contributed by atoms with Gasteiger partial charge in [-0.3, -0.25) is 0 Å². The predicted octanol–water partition coefficient (Wildman–Crippen LogP) is 0.485. The van der Waals surface area contributed by atoms with E-state index < -0.39 is 0 Å². The summed E-state index contributed by atoms with van der Waals surface area (Å²) in [4.78, 5) is 1.32. The third-order valence-electron chi connectivity index (χ3n) is 0.934. The van der Waals surface area contributed by atoms with Gasteiger partial charge < -0.3 is 5.73 Å². The molecular formula is C6H8N4. The van der Waals surface area contributed by atoms with Gasteiger partial charge in [-0.05, 0) is 6.08 Å². The van der Waals surface area contributed by atoms with E-state index in [2.05, 4.69) is 16.8 Å². The molecule has 0 spiro atoms. The lowest BCUT2D eigenvalue weighted by molar-refractivity contribution is 0.757. The highest BCUT2D eigenvalue weighted by Crippen LogP contribution is 1.96. The molecule has 0 bridgehead atoms. The lowest BCUT2D eigenvalue weighted by atomic mass is 10.7. The van der Waals surface area contributed by atoms with Crippen molar-refractivity contribution in [2.24, 2.45) is 5.10 Å². The third kappa shape index (κ3) is 1.22. The molecule has 10 heavy (non-hydrogen) atoms.